The van der Waals surface area contributed by atoms with Crippen molar-refractivity contribution in [3.8, 4) is 0 Å². The molecule has 3 nitrogen and oxygen atoms in total. The molecule has 2 aromatic carbocycles. The van der Waals surface area contributed by atoms with E-state index < -0.39 is 0 Å². The average Bonchev–Trinajstić information content (AvgIpc) is 2.73. The smallest absolute Gasteiger partial charge is 0.254 e. The Hall–Kier alpha value is -2.39. The Morgan fingerprint density at radius 2 is 1.79 bits per heavy atom. The molecule has 1 heterocycles. The monoisotopic (exact) mass is 406 g/mol. The highest BCUT2D eigenvalue weighted by molar-refractivity contribution is 6.30. The summed E-state index contributed by atoms with van der Waals surface area (Å²) in [7, 11) is 0. The van der Waals surface area contributed by atoms with E-state index >= 15 is 0 Å². The summed E-state index contributed by atoms with van der Waals surface area (Å²) in [6, 6.07) is 16.2. The molecule has 4 heteroatoms. The minimum Gasteiger partial charge on any atom is -0.331 e. The van der Waals surface area contributed by atoms with E-state index in [9.17, 15) is 4.79 Å². The Kier molecular flexibility index (Phi) is 5.86. The summed E-state index contributed by atoms with van der Waals surface area (Å²) in [5, 5.41) is 1.57. The highest BCUT2D eigenvalue weighted by atomic mass is 35.5. The lowest BCUT2D eigenvalue weighted by Gasteiger charge is -2.35. The quantitative estimate of drug-likeness (QED) is 0.464. The van der Waals surface area contributed by atoms with Crippen LogP contribution in [0.4, 0.5) is 0 Å². The SMILES string of the molecule is Cc1cc(C)c2nc(Cl)c(CN(C(=O)c3ccccc3)C3CCCCC3)cc2c1. The number of carbonyl (C=O) groups is 1. The Morgan fingerprint density at radius 3 is 2.52 bits per heavy atom. The number of rotatable bonds is 4. The van der Waals surface area contributed by atoms with Crippen LogP contribution < -0.4 is 0 Å². The van der Waals surface area contributed by atoms with E-state index in [-0.39, 0.29) is 11.9 Å². The largest absolute Gasteiger partial charge is 0.331 e. The Morgan fingerprint density at radius 1 is 1.07 bits per heavy atom. The van der Waals surface area contributed by atoms with Crippen molar-refractivity contribution in [2.75, 3.05) is 0 Å². The number of aromatic nitrogens is 1. The van der Waals surface area contributed by atoms with Crippen LogP contribution in [0, 0.1) is 13.8 Å². The van der Waals surface area contributed by atoms with Gasteiger partial charge in [-0.2, -0.15) is 0 Å². The fourth-order valence-corrected chi connectivity index (χ4v) is 4.67. The van der Waals surface area contributed by atoms with Crippen LogP contribution in [0.15, 0.2) is 48.5 Å². The lowest BCUT2D eigenvalue weighted by molar-refractivity contribution is 0.0614. The molecule has 0 saturated heterocycles. The first-order valence-electron chi connectivity index (χ1n) is 10.5. The molecular weight excluding hydrogens is 380 g/mol. The molecule has 0 unspecified atom stereocenters. The second kappa shape index (κ2) is 8.54. The van der Waals surface area contributed by atoms with Crippen molar-refractivity contribution in [1.29, 1.82) is 0 Å². The number of benzene rings is 2. The van der Waals surface area contributed by atoms with Gasteiger partial charge in [-0.1, -0.05) is 60.7 Å². The van der Waals surface area contributed by atoms with Gasteiger partial charge in [0.1, 0.15) is 5.15 Å². The molecule has 0 atom stereocenters. The summed E-state index contributed by atoms with van der Waals surface area (Å²) in [4.78, 5) is 20.1. The minimum absolute atomic E-state index is 0.0779. The van der Waals surface area contributed by atoms with Gasteiger partial charge < -0.3 is 4.90 Å². The number of hydrogen-bond donors (Lipinski definition) is 0. The molecular formula is C25H27ClN2O. The average molecular weight is 407 g/mol. The number of pyridine rings is 1. The Bertz CT molecular complexity index is 1030. The molecule has 0 bridgehead atoms. The van der Waals surface area contributed by atoms with Crippen LogP contribution >= 0.6 is 11.6 Å². The van der Waals surface area contributed by atoms with Crippen molar-refractivity contribution in [2.24, 2.45) is 0 Å². The standard InChI is InChI=1S/C25H27ClN2O/c1-17-13-18(2)23-20(14-17)15-21(24(26)27-23)16-28(22-11-7-4-8-12-22)25(29)19-9-5-3-6-10-19/h3,5-6,9-10,13-15,22H,4,7-8,11-12,16H2,1-2H3. The minimum atomic E-state index is 0.0779. The molecule has 29 heavy (non-hydrogen) atoms. The topological polar surface area (TPSA) is 33.2 Å². The molecule has 0 spiro atoms. The van der Waals surface area contributed by atoms with E-state index in [2.05, 4.69) is 37.0 Å². The van der Waals surface area contributed by atoms with Crippen LogP contribution in [0.2, 0.25) is 5.15 Å². The second-order valence-electron chi connectivity index (χ2n) is 8.18. The summed E-state index contributed by atoms with van der Waals surface area (Å²) in [5.41, 5.74) is 4.91. The summed E-state index contributed by atoms with van der Waals surface area (Å²) in [6.45, 7) is 4.65. The van der Waals surface area contributed by atoms with Gasteiger partial charge in [-0.25, -0.2) is 4.98 Å². The molecule has 1 saturated carbocycles. The first-order valence-corrected chi connectivity index (χ1v) is 10.8. The highest BCUT2D eigenvalue weighted by Crippen LogP contribution is 2.29. The molecule has 1 aliphatic rings. The molecule has 1 amide bonds. The molecule has 1 fully saturated rings. The molecule has 3 aromatic rings. The fourth-order valence-electron chi connectivity index (χ4n) is 4.47. The molecule has 1 aromatic heterocycles. The maximum atomic E-state index is 13.4. The normalized spacial score (nSPS) is 14.9. The molecule has 0 radical (unpaired) electrons. The van der Waals surface area contributed by atoms with Gasteiger partial charge in [-0.15, -0.1) is 0 Å². The van der Waals surface area contributed by atoms with Gasteiger partial charge in [0.15, 0.2) is 0 Å². The van der Waals surface area contributed by atoms with Crippen molar-refractivity contribution in [1.82, 2.24) is 9.88 Å². The third-order valence-corrected chi connectivity index (χ3v) is 6.24. The van der Waals surface area contributed by atoms with E-state index in [4.69, 9.17) is 11.6 Å². The summed E-state index contributed by atoms with van der Waals surface area (Å²) in [6.07, 6.45) is 5.70. The van der Waals surface area contributed by atoms with Crippen LogP contribution in [-0.2, 0) is 6.54 Å². The van der Waals surface area contributed by atoms with E-state index in [1.807, 2.05) is 35.2 Å². The Labute approximate surface area is 177 Å². The molecule has 0 aliphatic heterocycles. The predicted molar refractivity (Wildman–Crippen MR) is 119 cm³/mol. The zero-order chi connectivity index (χ0) is 20.4. The van der Waals surface area contributed by atoms with Crippen molar-refractivity contribution in [3.63, 3.8) is 0 Å². The number of amides is 1. The van der Waals surface area contributed by atoms with Gasteiger partial charge >= 0.3 is 0 Å². The van der Waals surface area contributed by atoms with E-state index in [1.165, 1.54) is 24.8 Å². The summed E-state index contributed by atoms with van der Waals surface area (Å²) >= 11 is 6.60. The number of hydrogen-bond acceptors (Lipinski definition) is 2. The number of carbonyl (C=O) groups excluding carboxylic acids is 1. The van der Waals surface area contributed by atoms with Crippen LogP contribution in [0.3, 0.4) is 0 Å². The number of halogens is 1. The number of nitrogens with zero attached hydrogens (tertiary/aromatic N) is 2. The first kappa shape index (κ1) is 19.9. The van der Waals surface area contributed by atoms with Crippen molar-refractivity contribution in [2.45, 2.75) is 58.5 Å². The Balaban J connectivity index is 1.72. The van der Waals surface area contributed by atoms with Crippen molar-refractivity contribution < 1.29 is 4.79 Å². The fraction of sp³-hybridized carbons (Fsp3) is 0.360. The predicted octanol–water partition coefficient (Wildman–Crippen LogP) is 6.48. The van der Waals surface area contributed by atoms with Gasteiger partial charge in [0.25, 0.3) is 5.91 Å². The van der Waals surface area contributed by atoms with Crippen LogP contribution in [-0.4, -0.2) is 21.8 Å². The van der Waals surface area contributed by atoms with Gasteiger partial charge in [0.05, 0.1) is 5.52 Å². The van der Waals surface area contributed by atoms with Crippen LogP contribution in [0.1, 0.15) is 59.2 Å². The maximum Gasteiger partial charge on any atom is 0.254 e. The second-order valence-corrected chi connectivity index (χ2v) is 8.54. The highest BCUT2D eigenvalue weighted by Gasteiger charge is 2.27. The van der Waals surface area contributed by atoms with E-state index in [0.29, 0.717) is 11.7 Å². The van der Waals surface area contributed by atoms with Gasteiger partial charge in [0.2, 0.25) is 0 Å². The molecule has 150 valence electrons. The maximum absolute atomic E-state index is 13.4. The van der Waals surface area contributed by atoms with Crippen molar-refractivity contribution >= 4 is 28.4 Å². The van der Waals surface area contributed by atoms with Gasteiger partial charge in [-0.3, -0.25) is 4.79 Å². The third-order valence-electron chi connectivity index (χ3n) is 5.92. The third kappa shape index (κ3) is 4.30. The lowest BCUT2D eigenvalue weighted by atomic mass is 9.93. The summed E-state index contributed by atoms with van der Waals surface area (Å²) < 4.78 is 0. The number of aryl methyl sites for hydroxylation is 2. The lowest BCUT2D eigenvalue weighted by Crippen LogP contribution is -2.41. The number of fused-ring (bicyclic) bond motifs is 1. The van der Waals surface area contributed by atoms with Crippen LogP contribution in [0.5, 0.6) is 0 Å². The molecule has 1 aliphatic carbocycles. The summed E-state index contributed by atoms with van der Waals surface area (Å²) in [5.74, 6) is 0.0779. The molecule has 4 rings (SSSR count). The van der Waals surface area contributed by atoms with Gasteiger partial charge in [0, 0.05) is 29.1 Å². The zero-order valence-electron chi connectivity index (χ0n) is 17.1. The van der Waals surface area contributed by atoms with E-state index in [0.717, 1.165) is 40.4 Å². The molecule has 0 N–H and O–H groups in total. The van der Waals surface area contributed by atoms with E-state index in [1.54, 1.807) is 0 Å². The zero-order valence-corrected chi connectivity index (χ0v) is 17.9. The first-order chi connectivity index (χ1) is 14.0. The van der Waals surface area contributed by atoms with Crippen molar-refractivity contribution in [3.05, 3.63) is 75.9 Å². The van der Waals surface area contributed by atoms with Crippen LogP contribution in [0.25, 0.3) is 10.9 Å². The van der Waals surface area contributed by atoms with Gasteiger partial charge in [-0.05, 0) is 56.5 Å².